The molecule has 0 bridgehead atoms. The minimum Gasteiger partial charge on any atom is -0.391 e. The SMILES string of the molecule is Cc1ccc(CC(C)NS(=O)(=O)c2cc(CO)sc2C)s1. The molecule has 116 valence electrons. The average molecular weight is 346 g/mol. The van der Waals surface area contributed by atoms with Crippen LogP contribution in [-0.4, -0.2) is 19.6 Å². The zero-order chi connectivity index (χ0) is 15.6. The van der Waals surface area contributed by atoms with E-state index in [2.05, 4.69) is 4.72 Å². The number of thiophene rings is 2. The number of sulfonamides is 1. The summed E-state index contributed by atoms with van der Waals surface area (Å²) in [6, 6.07) is 5.44. The molecule has 0 saturated carbocycles. The lowest BCUT2D eigenvalue weighted by Gasteiger charge is -2.13. The first-order valence-corrected chi connectivity index (χ1v) is 9.71. The molecule has 1 atom stereocenters. The van der Waals surface area contributed by atoms with Crippen molar-refractivity contribution >= 4 is 32.7 Å². The Balaban J connectivity index is 2.11. The third-order valence-electron chi connectivity index (χ3n) is 3.03. The Morgan fingerprint density at radius 2 is 1.95 bits per heavy atom. The minimum absolute atomic E-state index is 0.134. The van der Waals surface area contributed by atoms with Crippen molar-refractivity contribution in [1.29, 1.82) is 0 Å². The summed E-state index contributed by atoms with van der Waals surface area (Å²) >= 11 is 2.99. The fourth-order valence-corrected chi connectivity index (χ4v) is 5.89. The van der Waals surface area contributed by atoms with Crippen molar-refractivity contribution in [1.82, 2.24) is 4.72 Å². The Hall–Kier alpha value is -0.730. The van der Waals surface area contributed by atoms with E-state index >= 15 is 0 Å². The van der Waals surface area contributed by atoms with Gasteiger partial charge in [0.15, 0.2) is 0 Å². The first-order valence-electron chi connectivity index (χ1n) is 6.59. The second kappa shape index (κ2) is 6.58. The van der Waals surface area contributed by atoms with Gasteiger partial charge in [-0.25, -0.2) is 13.1 Å². The van der Waals surface area contributed by atoms with Gasteiger partial charge in [-0.1, -0.05) is 0 Å². The number of aliphatic hydroxyl groups is 1. The highest BCUT2D eigenvalue weighted by molar-refractivity contribution is 7.89. The predicted octanol–water partition coefficient (Wildman–Crippen LogP) is 2.83. The van der Waals surface area contributed by atoms with E-state index < -0.39 is 10.0 Å². The summed E-state index contributed by atoms with van der Waals surface area (Å²) in [5.41, 5.74) is 0. The molecule has 0 radical (unpaired) electrons. The second-order valence-corrected chi connectivity index (χ2v) is 9.43. The number of aliphatic hydroxyl groups excluding tert-OH is 1. The highest BCUT2D eigenvalue weighted by atomic mass is 32.2. The molecule has 4 nitrogen and oxygen atoms in total. The largest absolute Gasteiger partial charge is 0.391 e. The molecule has 0 spiro atoms. The summed E-state index contributed by atoms with van der Waals surface area (Å²) < 4.78 is 27.5. The van der Waals surface area contributed by atoms with E-state index in [-0.39, 0.29) is 17.5 Å². The number of aryl methyl sites for hydroxylation is 2. The average Bonchev–Trinajstić information content (AvgIpc) is 2.95. The molecule has 0 aliphatic rings. The maximum atomic E-state index is 12.4. The van der Waals surface area contributed by atoms with Crippen molar-refractivity contribution in [3.05, 3.63) is 37.7 Å². The van der Waals surface area contributed by atoms with E-state index in [4.69, 9.17) is 5.11 Å². The quantitative estimate of drug-likeness (QED) is 0.846. The molecule has 21 heavy (non-hydrogen) atoms. The van der Waals surface area contributed by atoms with Gasteiger partial charge in [-0.15, -0.1) is 22.7 Å². The Bertz CT molecular complexity index is 716. The molecule has 2 N–H and O–H groups in total. The van der Waals surface area contributed by atoms with Gasteiger partial charge in [-0.3, -0.25) is 0 Å². The van der Waals surface area contributed by atoms with Gasteiger partial charge in [0.25, 0.3) is 0 Å². The number of hydrogen-bond donors (Lipinski definition) is 2. The van der Waals surface area contributed by atoms with Crippen molar-refractivity contribution in [3.8, 4) is 0 Å². The monoisotopic (exact) mass is 345 g/mol. The summed E-state index contributed by atoms with van der Waals surface area (Å²) in [5.74, 6) is 0. The third kappa shape index (κ3) is 4.14. The highest BCUT2D eigenvalue weighted by Crippen LogP contribution is 2.26. The highest BCUT2D eigenvalue weighted by Gasteiger charge is 2.22. The molecule has 2 aromatic rings. The molecule has 7 heteroatoms. The van der Waals surface area contributed by atoms with E-state index in [0.717, 1.165) is 0 Å². The standard InChI is InChI=1S/C14H19NO3S3/c1-9(6-12-5-4-10(2)19-12)15-21(17,18)14-7-13(8-16)20-11(14)3/h4-5,7,9,15-16H,6,8H2,1-3H3. The topological polar surface area (TPSA) is 66.4 Å². The summed E-state index contributed by atoms with van der Waals surface area (Å²) in [6.07, 6.45) is 0.674. The van der Waals surface area contributed by atoms with E-state index in [1.807, 2.05) is 26.0 Å². The van der Waals surface area contributed by atoms with Crippen LogP contribution < -0.4 is 4.72 Å². The molecular formula is C14H19NO3S3. The minimum atomic E-state index is -3.54. The van der Waals surface area contributed by atoms with Crippen LogP contribution in [0.1, 0.15) is 26.4 Å². The van der Waals surface area contributed by atoms with Crippen molar-refractivity contribution in [2.45, 2.75) is 44.7 Å². The van der Waals surface area contributed by atoms with Gasteiger partial charge < -0.3 is 5.11 Å². The maximum absolute atomic E-state index is 12.4. The number of hydrogen-bond acceptors (Lipinski definition) is 5. The predicted molar refractivity (Wildman–Crippen MR) is 87.5 cm³/mol. The van der Waals surface area contributed by atoms with Crippen LogP contribution >= 0.6 is 22.7 Å². The molecule has 2 aromatic heterocycles. The van der Waals surface area contributed by atoms with Gasteiger partial charge >= 0.3 is 0 Å². The van der Waals surface area contributed by atoms with Crippen LogP contribution in [0.5, 0.6) is 0 Å². The van der Waals surface area contributed by atoms with Gasteiger partial charge in [0, 0.05) is 25.6 Å². The van der Waals surface area contributed by atoms with Crippen LogP contribution in [0.3, 0.4) is 0 Å². The molecule has 0 aromatic carbocycles. The third-order valence-corrected chi connectivity index (χ3v) is 6.93. The van der Waals surface area contributed by atoms with Crippen LogP contribution in [0.15, 0.2) is 23.1 Å². The molecule has 2 rings (SSSR count). The Labute approximate surface area is 133 Å². The molecule has 0 fully saturated rings. The van der Waals surface area contributed by atoms with Crippen molar-refractivity contribution in [2.24, 2.45) is 0 Å². The van der Waals surface area contributed by atoms with Crippen molar-refractivity contribution in [2.75, 3.05) is 0 Å². The Morgan fingerprint density at radius 1 is 1.24 bits per heavy atom. The smallest absolute Gasteiger partial charge is 0.241 e. The Morgan fingerprint density at radius 3 is 2.48 bits per heavy atom. The zero-order valence-corrected chi connectivity index (χ0v) is 14.7. The lowest BCUT2D eigenvalue weighted by molar-refractivity contribution is 0.285. The van der Waals surface area contributed by atoms with Crippen LogP contribution in [0.2, 0.25) is 0 Å². The number of rotatable bonds is 6. The Kier molecular flexibility index (Phi) is 5.21. The fraction of sp³-hybridized carbons (Fsp3) is 0.429. The molecule has 1 unspecified atom stereocenters. The van der Waals surface area contributed by atoms with Crippen LogP contribution in [0.4, 0.5) is 0 Å². The van der Waals surface area contributed by atoms with Gasteiger partial charge in [0.2, 0.25) is 10.0 Å². The lowest BCUT2D eigenvalue weighted by atomic mass is 10.2. The molecule has 0 amide bonds. The summed E-state index contributed by atoms with van der Waals surface area (Å²) in [5, 5.41) is 9.12. The van der Waals surface area contributed by atoms with Gasteiger partial charge in [0.05, 0.1) is 11.5 Å². The second-order valence-electron chi connectivity index (χ2n) is 5.03. The first-order chi connectivity index (χ1) is 9.81. The van der Waals surface area contributed by atoms with Crippen LogP contribution in [0, 0.1) is 13.8 Å². The van der Waals surface area contributed by atoms with E-state index in [1.54, 1.807) is 24.3 Å². The molecule has 0 saturated heterocycles. The summed E-state index contributed by atoms with van der Waals surface area (Å²) in [6.45, 7) is 5.52. The zero-order valence-electron chi connectivity index (χ0n) is 12.2. The fourth-order valence-electron chi connectivity index (χ4n) is 2.14. The molecule has 0 aliphatic carbocycles. The van der Waals surface area contributed by atoms with E-state index in [1.165, 1.54) is 21.1 Å². The van der Waals surface area contributed by atoms with Gasteiger partial charge in [-0.2, -0.15) is 0 Å². The molecule has 2 heterocycles. The van der Waals surface area contributed by atoms with E-state index in [9.17, 15) is 8.42 Å². The molecular weight excluding hydrogens is 326 g/mol. The van der Waals surface area contributed by atoms with E-state index in [0.29, 0.717) is 16.2 Å². The maximum Gasteiger partial charge on any atom is 0.241 e. The van der Waals surface area contributed by atoms with Gasteiger partial charge in [-0.05, 0) is 45.4 Å². The van der Waals surface area contributed by atoms with Gasteiger partial charge in [0.1, 0.15) is 0 Å². The summed E-state index contributed by atoms with van der Waals surface area (Å²) in [7, 11) is -3.54. The lowest BCUT2D eigenvalue weighted by Crippen LogP contribution is -2.34. The normalized spacial score (nSPS) is 13.5. The molecule has 0 aliphatic heterocycles. The number of nitrogens with one attached hydrogen (secondary N) is 1. The van der Waals surface area contributed by atoms with Crippen LogP contribution in [0.25, 0.3) is 0 Å². The van der Waals surface area contributed by atoms with Crippen molar-refractivity contribution < 1.29 is 13.5 Å². The summed E-state index contributed by atoms with van der Waals surface area (Å²) in [4.78, 5) is 4.02. The van der Waals surface area contributed by atoms with Crippen LogP contribution in [-0.2, 0) is 23.1 Å². The van der Waals surface area contributed by atoms with Crippen molar-refractivity contribution in [3.63, 3.8) is 0 Å². The first kappa shape index (κ1) is 16.6.